The molecule has 0 aliphatic heterocycles. The minimum Gasteiger partial charge on any atom is -0.382 e. The number of halogens is 1. The highest BCUT2D eigenvalue weighted by Gasteiger charge is 2.14. The standard InChI is InChI=1S/C11H8ClN9/c1-5-6-9(15-2-14-5)20(3-16-6)21-4-17-7-8(13)18-11(12)19-10(7)21/h2-4H,1H3,(H2,13,18,19). The summed E-state index contributed by atoms with van der Waals surface area (Å²) in [7, 11) is 0. The van der Waals surface area contributed by atoms with Crippen LogP contribution in [-0.4, -0.2) is 39.3 Å². The molecule has 0 unspecified atom stereocenters. The van der Waals surface area contributed by atoms with Gasteiger partial charge in [-0.15, -0.1) is 0 Å². The zero-order valence-electron chi connectivity index (χ0n) is 10.8. The van der Waals surface area contributed by atoms with Crippen molar-refractivity contribution in [3.8, 4) is 0 Å². The number of rotatable bonds is 1. The Labute approximate surface area is 122 Å². The van der Waals surface area contributed by atoms with Crippen molar-refractivity contribution >= 4 is 39.7 Å². The fourth-order valence-corrected chi connectivity index (χ4v) is 2.31. The highest BCUT2D eigenvalue weighted by atomic mass is 35.5. The molecule has 2 N–H and O–H groups in total. The van der Waals surface area contributed by atoms with Gasteiger partial charge in [0, 0.05) is 0 Å². The smallest absolute Gasteiger partial charge is 0.226 e. The highest BCUT2D eigenvalue weighted by Crippen LogP contribution is 2.20. The van der Waals surface area contributed by atoms with Crippen LogP contribution in [0.5, 0.6) is 0 Å². The van der Waals surface area contributed by atoms with Crippen LogP contribution in [0.2, 0.25) is 5.28 Å². The Morgan fingerprint density at radius 2 is 1.67 bits per heavy atom. The molecule has 4 rings (SSSR count). The lowest BCUT2D eigenvalue weighted by molar-refractivity contribution is 0.687. The van der Waals surface area contributed by atoms with Gasteiger partial charge in [-0.05, 0) is 18.5 Å². The van der Waals surface area contributed by atoms with E-state index >= 15 is 0 Å². The molecule has 0 spiro atoms. The average molecular weight is 302 g/mol. The molecule has 0 atom stereocenters. The summed E-state index contributed by atoms with van der Waals surface area (Å²) in [6.07, 6.45) is 4.65. The first-order valence-corrected chi connectivity index (χ1v) is 6.34. The maximum atomic E-state index is 5.86. The molecule has 0 bridgehead atoms. The van der Waals surface area contributed by atoms with Crippen LogP contribution in [0.15, 0.2) is 19.0 Å². The summed E-state index contributed by atoms with van der Waals surface area (Å²) >= 11 is 5.86. The van der Waals surface area contributed by atoms with E-state index in [4.69, 9.17) is 17.3 Å². The Kier molecular flexibility index (Phi) is 2.33. The van der Waals surface area contributed by atoms with Gasteiger partial charge in [0.15, 0.2) is 22.6 Å². The molecule has 4 aromatic rings. The molecule has 0 saturated carbocycles. The van der Waals surface area contributed by atoms with Crippen LogP contribution < -0.4 is 5.73 Å². The quantitative estimate of drug-likeness (QED) is 0.518. The summed E-state index contributed by atoms with van der Waals surface area (Å²) < 4.78 is 3.35. The number of nitrogens with two attached hydrogens (primary N) is 1. The van der Waals surface area contributed by atoms with Gasteiger partial charge in [-0.2, -0.15) is 9.97 Å². The average Bonchev–Trinajstić information content (AvgIpc) is 3.03. The summed E-state index contributed by atoms with van der Waals surface area (Å²) in [5.41, 5.74) is 8.86. The van der Waals surface area contributed by atoms with Crippen molar-refractivity contribution in [2.24, 2.45) is 0 Å². The van der Waals surface area contributed by atoms with Crippen LogP contribution in [0.3, 0.4) is 0 Å². The third kappa shape index (κ3) is 1.64. The SMILES string of the molecule is Cc1ncnc2c1ncn2-n1cnc2c(N)nc(Cl)nc21. The number of nitrogens with zero attached hydrogens (tertiary/aromatic N) is 8. The van der Waals surface area contributed by atoms with Crippen molar-refractivity contribution in [3.05, 3.63) is 30.0 Å². The van der Waals surface area contributed by atoms with Crippen LogP contribution in [-0.2, 0) is 0 Å². The van der Waals surface area contributed by atoms with Gasteiger partial charge in [0.25, 0.3) is 0 Å². The van der Waals surface area contributed by atoms with E-state index in [-0.39, 0.29) is 11.1 Å². The molecule has 0 saturated heterocycles. The predicted molar refractivity (Wildman–Crippen MR) is 75.6 cm³/mol. The van der Waals surface area contributed by atoms with E-state index < -0.39 is 0 Å². The molecule has 10 heteroatoms. The van der Waals surface area contributed by atoms with Gasteiger partial charge in [0.2, 0.25) is 5.28 Å². The van der Waals surface area contributed by atoms with Crippen LogP contribution in [0.25, 0.3) is 22.3 Å². The number of aryl methyl sites for hydroxylation is 1. The minimum atomic E-state index is 0.0528. The van der Waals surface area contributed by atoms with Crippen molar-refractivity contribution < 1.29 is 0 Å². The van der Waals surface area contributed by atoms with E-state index in [1.807, 2.05) is 6.92 Å². The number of hydrogen-bond donors (Lipinski definition) is 1. The summed E-state index contributed by atoms with van der Waals surface area (Å²) in [5, 5.41) is 0.0528. The van der Waals surface area contributed by atoms with Crippen LogP contribution in [0.1, 0.15) is 5.69 Å². The molecule has 4 heterocycles. The summed E-state index contributed by atoms with van der Waals surface area (Å²) in [6, 6.07) is 0. The van der Waals surface area contributed by atoms with E-state index in [0.29, 0.717) is 22.3 Å². The number of nitrogen functional groups attached to an aromatic ring is 1. The van der Waals surface area contributed by atoms with Crippen molar-refractivity contribution in [2.45, 2.75) is 6.92 Å². The van der Waals surface area contributed by atoms with Gasteiger partial charge in [-0.3, -0.25) is 0 Å². The fourth-order valence-electron chi connectivity index (χ4n) is 2.14. The molecule has 0 fully saturated rings. The predicted octanol–water partition coefficient (Wildman–Crippen LogP) is 0.821. The second-order valence-corrected chi connectivity index (χ2v) is 4.70. The van der Waals surface area contributed by atoms with E-state index in [2.05, 4.69) is 29.9 Å². The Balaban J connectivity index is 2.07. The van der Waals surface area contributed by atoms with Gasteiger partial charge in [0.05, 0.1) is 5.69 Å². The third-order valence-corrected chi connectivity index (χ3v) is 3.28. The molecule has 104 valence electrons. The molecular weight excluding hydrogens is 294 g/mol. The first kappa shape index (κ1) is 12.0. The van der Waals surface area contributed by atoms with Crippen molar-refractivity contribution in [2.75, 3.05) is 5.73 Å². The summed E-state index contributed by atoms with van der Waals surface area (Å²) in [6.45, 7) is 1.87. The minimum absolute atomic E-state index is 0.0528. The lowest BCUT2D eigenvalue weighted by atomic mass is 10.4. The largest absolute Gasteiger partial charge is 0.382 e. The first-order chi connectivity index (χ1) is 10.1. The maximum Gasteiger partial charge on any atom is 0.226 e. The fraction of sp³-hybridized carbons (Fsp3) is 0.0909. The van der Waals surface area contributed by atoms with Crippen LogP contribution in [0, 0.1) is 6.92 Å². The van der Waals surface area contributed by atoms with Gasteiger partial charge < -0.3 is 5.73 Å². The molecule has 9 nitrogen and oxygen atoms in total. The molecule has 0 aromatic carbocycles. The number of hydrogen-bond acceptors (Lipinski definition) is 7. The summed E-state index contributed by atoms with van der Waals surface area (Å²) in [5.74, 6) is 0.221. The Bertz CT molecular complexity index is 986. The number of aromatic nitrogens is 8. The zero-order valence-corrected chi connectivity index (χ0v) is 11.5. The van der Waals surface area contributed by atoms with Crippen molar-refractivity contribution in [1.82, 2.24) is 39.3 Å². The normalized spacial score (nSPS) is 11.5. The summed E-state index contributed by atoms with van der Waals surface area (Å²) in [4.78, 5) is 24.9. The van der Waals surface area contributed by atoms with Crippen molar-refractivity contribution in [3.63, 3.8) is 0 Å². The molecule has 0 aliphatic carbocycles. The Morgan fingerprint density at radius 1 is 0.952 bits per heavy atom. The van der Waals surface area contributed by atoms with Gasteiger partial charge in [0.1, 0.15) is 24.5 Å². The van der Waals surface area contributed by atoms with Gasteiger partial charge >= 0.3 is 0 Å². The Morgan fingerprint density at radius 3 is 2.48 bits per heavy atom. The maximum absolute atomic E-state index is 5.86. The van der Waals surface area contributed by atoms with Crippen LogP contribution >= 0.6 is 11.6 Å². The topological polar surface area (TPSA) is 113 Å². The van der Waals surface area contributed by atoms with Gasteiger partial charge in [-0.1, -0.05) is 0 Å². The number of imidazole rings is 2. The lowest BCUT2D eigenvalue weighted by Crippen LogP contribution is -2.08. The van der Waals surface area contributed by atoms with Gasteiger partial charge in [-0.25, -0.2) is 29.3 Å². The Hall–Kier alpha value is -2.81. The highest BCUT2D eigenvalue weighted by molar-refractivity contribution is 6.28. The molecule has 0 radical (unpaired) electrons. The second-order valence-electron chi connectivity index (χ2n) is 4.36. The zero-order chi connectivity index (χ0) is 14.6. The van der Waals surface area contributed by atoms with E-state index in [9.17, 15) is 0 Å². The second kappa shape index (κ2) is 4.09. The molecular formula is C11H8ClN9. The molecule has 0 amide bonds. The van der Waals surface area contributed by atoms with E-state index in [1.165, 1.54) is 6.33 Å². The molecule has 0 aliphatic rings. The number of fused-ring (bicyclic) bond motifs is 2. The monoisotopic (exact) mass is 301 g/mol. The van der Waals surface area contributed by atoms with Crippen molar-refractivity contribution in [1.29, 1.82) is 0 Å². The molecule has 4 aromatic heterocycles. The first-order valence-electron chi connectivity index (χ1n) is 5.96. The van der Waals surface area contributed by atoms with E-state index in [1.54, 1.807) is 22.0 Å². The van der Waals surface area contributed by atoms with Crippen LogP contribution in [0.4, 0.5) is 5.82 Å². The third-order valence-electron chi connectivity index (χ3n) is 3.11. The number of anilines is 1. The lowest BCUT2D eigenvalue weighted by Gasteiger charge is -2.05. The van der Waals surface area contributed by atoms with E-state index in [0.717, 1.165) is 5.69 Å². The molecule has 21 heavy (non-hydrogen) atoms.